The van der Waals surface area contributed by atoms with Crippen LogP contribution in [0.25, 0.3) is 0 Å². The van der Waals surface area contributed by atoms with Gasteiger partial charge in [-0.3, -0.25) is 0 Å². The van der Waals surface area contributed by atoms with Gasteiger partial charge in [0.25, 0.3) is 0 Å². The first-order valence-corrected chi connectivity index (χ1v) is 6.58. The molecule has 0 saturated carbocycles. The summed E-state index contributed by atoms with van der Waals surface area (Å²) in [4.78, 5) is 0. The predicted octanol–water partition coefficient (Wildman–Crippen LogP) is 3.75. The second kappa shape index (κ2) is 8.21. The van der Waals surface area contributed by atoms with Crippen LogP contribution in [0.1, 0.15) is 30.9 Å². The Kier molecular flexibility index (Phi) is 6.95. The van der Waals surface area contributed by atoms with Gasteiger partial charge in [-0.15, -0.1) is 0 Å². The molecule has 0 unspecified atom stereocenters. The molecule has 0 spiro atoms. The van der Waals surface area contributed by atoms with Crippen molar-refractivity contribution in [3.05, 3.63) is 35.1 Å². The minimum absolute atomic E-state index is 0.203. The third-order valence-corrected chi connectivity index (χ3v) is 2.60. The van der Waals surface area contributed by atoms with Crippen LogP contribution in [0.2, 0.25) is 0 Å². The highest BCUT2D eigenvalue weighted by molar-refractivity contribution is 5.26. The zero-order chi connectivity index (χ0) is 15.0. The summed E-state index contributed by atoms with van der Waals surface area (Å²) in [6.07, 6.45) is -2.80. The SMILES string of the molecule is CCCOCCCNCc1cc(F)cc(C(F)(F)F)c1. The molecule has 114 valence electrons. The highest BCUT2D eigenvalue weighted by Gasteiger charge is 2.31. The highest BCUT2D eigenvalue weighted by Crippen LogP contribution is 2.30. The van der Waals surface area contributed by atoms with E-state index in [1.807, 2.05) is 6.92 Å². The van der Waals surface area contributed by atoms with Crippen molar-refractivity contribution in [2.24, 2.45) is 0 Å². The Hall–Kier alpha value is -1.14. The Labute approximate surface area is 116 Å². The molecule has 0 aliphatic heterocycles. The van der Waals surface area contributed by atoms with Crippen LogP contribution in [0.4, 0.5) is 17.6 Å². The Morgan fingerprint density at radius 3 is 2.55 bits per heavy atom. The van der Waals surface area contributed by atoms with Gasteiger partial charge in [0.2, 0.25) is 0 Å². The molecule has 0 radical (unpaired) electrons. The number of benzene rings is 1. The van der Waals surface area contributed by atoms with E-state index in [-0.39, 0.29) is 12.1 Å². The summed E-state index contributed by atoms with van der Waals surface area (Å²) in [7, 11) is 0. The van der Waals surface area contributed by atoms with Gasteiger partial charge in [-0.25, -0.2) is 4.39 Å². The Bertz CT molecular complexity index is 407. The summed E-state index contributed by atoms with van der Waals surface area (Å²) in [5.74, 6) is -0.872. The fourth-order valence-corrected chi connectivity index (χ4v) is 1.69. The van der Waals surface area contributed by atoms with Gasteiger partial charge < -0.3 is 10.1 Å². The topological polar surface area (TPSA) is 21.3 Å². The molecule has 0 aromatic heterocycles. The summed E-state index contributed by atoms with van der Waals surface area (Å²) in [6, 6.07) is 2.57. The lowest BCUT2D eigenvalue weighted by Gasteiger charge is -2.10. The predicted molar refractivity (Wildman–Crippen MR) is 68.8 cm³/mol. The molecule has 2 nitrogen and oxygen atoms in total. The number of halogens is 4. The van der Waals surface area contributed by atoms with Crippen LogP contribution >= 0.6 is 0 Å². The fraction of sp³-hybridized carbons (Fsp3) is 0.571. The average Bonchev–Trinajstić information content (AvgIpc) is 2.36. The Morgan fingerprint density at radius 2 is 1.90 bits per heavy atom. The lowest BCUT2D eigenvalue weighted by atomic mass is 10.1. The molecule has 1 aromatic carbocycles. The minimum atomic E-state index is -4.52. The third kappa shape index (κ3) is 6.34. The number of rotatable bonds is 8. The molecule has 0 fully saturated rings. The number of alkyl halides is 3. The van der Waals surface area contributed by atoms with E-state index in [0.29, 0.717) is 25.8 Å². The van der Waals surface area contributed by atoms with Crippen LogP contribution in [0, 0.1) is 5.82 Å². The van der Waals surface area contributed by atoms with Gasteiger partial charge in [0.15, 0.2) is 0 Å². The number of ether oxygens (including phenoxy) is 1. The molecule has 1 rings (SSSR count). The van der Waals surface area contributed by atoms with Gasteiger partial charge in [-0.2, -0.15) is 13.2 Å². The van der Waals surface area contributed by atoms with Crippen LogP contribution in [0.3, 0.4) is 0 Å². The van der Waals surface area contributed by atoms with Gasteiger partial charge in [0, 0.05) is 19.8 Å². The molecule has 0 heterocycles. The van der Waals surface area contributed by atoms with E-state index in [4.69, 9.17) is 4.74 Å². The molecule has 0 amide bonds. The van der Waals surface area contributed by atoms with E-state index in [0.717, 1.165) is 25.0 Å². The van der Waals surface area contributed by atoms with Gasteiger partial charge in [-0.05, 0) is 43.1 Å². The van der Waals surface area contributed by atoms with Gasteiger partial charge in [0.1, 0.15) is 5.82 Å². The molecular weight excluding hydrogens is 274 g/mol. The van der Waals surface area contributed by atoms with Crippen molar-refractivity contribution in [1.29, 1.82) is 0 Å². The van der Waals surface area contributed by atoms with Gasteiger partial charge in [0.05, 0.1) is 5.56 Å². The molecule has 0 saturated heterocycles. The van der Waals surface area contributed by atoms with Crippen molar-refractivity contribution in [2.45, 2.75) is 32.5 Å². The standard InChI is InChI=1S/C14H19F4NO/c1-2-5-20-6-3-4-19-10-11-7-12(14(16,17)18)9-13(15)8-11/h7-9,19H,2-6,10H2,1H3. The highest BCUT2D eigenvalue weighted by atomic mass is 19.4. The zero-order valence-electron chi connectivity index (χ0n) is 11.4. The van der Waals surface area contributed by atoms with Crippen molar-refractivity contribution in [3.63, 3.8) is 0 Å². The molecule has 20 heavy (non-hydrogen) atoms. The van der Waals surface area contributed by atoms with Crippen LogP contribution in [0.5, 0.6) is 0 Å². The van der Waals surface area contributed by atoms with Crippen LogP contribution in [-0.2, 0) is 17.5 Å². The summed E-state index contributed by atoms with van der Waals surface area (Å²) < 4.78 is 55.9. The van der Waals surface area contributed by atoms with Crippen LogP contribution < -0.4 is 5.32 Å². The molecule has 0 aliphatic carbocycles. The quantitative estimate of drug-likeness (QED) is 0.582. The molecule has 1 N–H and O–H groups in total. The number of nitrogens with one attached hydrogen (secondary N) is 1. The van der Waals surface area contributed by atoms with Gasteiger partial charge in [-0.1, -0.05) is 6.92 Å². The lowest BCUT2D eigenvalue weighted by molar-refractivity contribution is -0.137. The van der Waals surface area contributed by atoms with E-state index < -0.39 is 17.6 Å². The summed E-state index contributed by atoms with van der Waals surface area (Å²) >= 11 is 0. The molecule has 0 aliphatic rings. The summed E-state index contributed by atoms with van der Waals surface area (Å²) in [5, 5.41) is 2.97. The van der Waals surface area contributed by atoms with Crippen molar-refractivity contribution >= 4 is 0 Å². The van der Waals surface area contributed by atoms with Crippen molar-refractivity contribution in [2.75, 3.05) is 19.8 Å². The first kappa shape index (κ1) is 16.9. The summed E-state index contributed by atoms with van der Waals surface area (Å²) in [6.45, 7) is 4.15. The van der Waals surface area contributed by atoms with Crippen molar-refractivity contribution < 1.29 is 22.3 Å². The smallest absolute Gasteiger partial charge is 0.381 e. The van der Waals surface area contributed by atoms with Crippen LogP contribution in [0.15, 0.2) is 18.2 Å². The van der Waals surface area contributed by atoms with Crippen LogP contribution in [-0.4, -0.2) is 19.8 Å². The zero-order valence-corrected chi connectivity index (χ0v) is 11.4. The fourth-order valence-electron chi connectivity index (χ4n) is 1.69. The lowest BCUT2D eigenvalue weighted by Crippen LogP contribution is -2.17. The molecule has 1 aromatic rings. The van der Waals surface area contributed by atoms with Crippen molar-refractivity contribution in [1.82, 2.24) is 5.32 Å². The number of hydrogen-bond donors (Lipinski definition) is 1. The monoisotopic (exact) mass is 293 g/mol. The first-order chi connectivity index (χ1) is 9.43. The Balaban J connectivity index is 2.39. The van der Waals surface area contributed by atoms with E-state index in [1.54, 1.807) is 0 Å². The largest absolute Gasteiger partial charge is 0.416 e. The van der Waals surface area contributed by atoms with Crippen molar-refractivity contribution in [3.8, 4) is 0 Å². The maximum atomic E-state index is 13.1. The maximum Gasteiger partial charge on any atom is 0.416 e. The maximum absolute atomic E-state index is 13.1. The molecule has 0 bridgehead atoms. The minimum Gasteiger partial charge on any atom is -0.381 e. The van der Waals surface area contributed by atoms with E-state index in [2.05, 4.69) is 5.32 Å². The van der Waals surface area contributed by atoms with Gasteiger partial charge >= 0.3 is 6.18 Å². The Morgan fingerprint density at radius 1 is 1.15 bits per heavy atom. The third-order valence-electron chi connectivity index (χ3n) is 2.60. The van der Waals surface area contributed by atoms with E-state index in [9.17, 15) is 17.6 Å². The normalized spacial score (nSPS) is 11.8. The molecular formula is C14H19F4NO. The first-order valence-electron chi connectivity index (χ1n) is 6.58. The summed E-state index contributed by atoms with van der Waals surface area (Å²) in [5.41, 5.74) is -0.674. The molecule has 6 heteroatoms. The second-order valence-corrected chi connectivity index (χ2v) is 4.49. The molecule has 0 atom stereocenters. The van der Waals surface area contributed by atoms with E-state index >= 15 is 0 Å². The number of hydrogen-bond acceptors (Lipinski definition) is 2. The average molecular weight is 293 g/mol. The van der Waals surface area contributed by atoms with E-state index in [1.165, 1.54) is 0 Å². The second-order valence-electron chi connectivity index (χ2n) is 4.49.